The monoisotopic (exact) mass is 354 g/mol. The summed E-state index contributed by atoms with van der Waals surface area (Å²) in [7, 11) is 3.14. The Morgan fingerprint density at radius 1 is 1.19 bits per heavy atom. The minimum Gasteiger partial charge on any atom is -0.497 e. The molecule has 0 radical (unpaired) electrons. The minimum atomic E-state index is -0.404. The van der Waals surface area contributed by atoms with Crippen LogP contribution >= 0.6 is 0 Å². The predicted molar refractivity (Wildman–Crippen MR) is 95.5 cm³/mol. The fourth-order valence-corrected chi connectivity index (χ4v) is 2.30. The summed E-state index contributed by atoms with van der Waals surface area (Å²) in [5, 5.41) is 6.88. The smallest absolute Gasteiger partial charge is 0.287 e. The van der Waals surface area contributed by atoms with Crippen LogP contribution in [-0.4, -0.2) is 30.3 Å². The number of carbonyl (C=O) groups excluding carboxylic acids is 1. The fourth-order valence-electron chi connectivity index (χ4n) is 2.30. The maximum Gasteiger partial charge on any atom is 0.287 e. The zero-order chi connectivity index (χ0) is 18.5. The second-order valence-electron chi connectivity index (χ2n) is 5.27. The lowest BCUT2D eigenvalue weighted by Gasteiger charge is -2.08. The standard InChI is InChI=1S/C18H18N4O4/c1-11(16-5-4-8-26-16)19-22-18(23)15-10-14(20-21-15)13-9-12(24-2)6-7-17(13)25-3/h4-10,19H,1H2,2-3H3,(H,20,21)(H,22,23). The van der Waals surface area contributed by atoms with Gasteiger partial charge in [0, 0.05) is 5.56 Å². The number of hydrogen-bond acceptors (Lipinski definition) is 6. The van der Waals surface area contributed by atoms with Gasteiger partial charge in [-0.3, -0.25) is 20.7 Å². The summed E-state index contributed by atoms with van der Waals surface area (Å²) in [5.41, 5.74) is 7.17. The van der Waals surface area contributed by atoms with Crippen LogP contribution in [0.4, 0.5) is 0 Å². The number of methoxy groups -OCH3 is 2. The minimum absolute atomic E-state index is 0.268. The first-order valence-corrected chi connectivity index (χ1v) is 7.69. The molecule has 0 unspecified atom stereocenters. The Morgan fingerprint density at radius 3 is 2.73 bits per heavy atom. The maximum absolute atomic E-state index is 12.3. The molecule has 3 aromatic rings. The highest BCUT2D eigenvalue weighted by atomic mass is 16.5. The lowest BCUT2D eigenvalue weighted by Crippen LogP contribution is -2.35. The zero-order valence-corrected chi connectivity index (χ0v) is 14.3. The molecule has 0 atom stereocenters. The predicted octanol–water partition coefficient (Wildman–Crippen LogP) is 2.59. The lowest BCUT2D eigenvalue weighted by atomic mass is 10.1. The number of nitrogens with zero attached hydrogens (tertiary/aromatic N) is 1. The average molecular weight is 354 g/mol. The molecular formula is C18H18N4O4. The van der Waals surface area contributed by atoms with Gasteiger partial charge in [-0.2, -0.15) is 5.10 Å². The first-order valence-electron chi connectivity index (χ1n) is 7.69. The highest BCUT2D eigenvalue weighted by molar-refractivity contribution is 5.93. The van der Waals surface area contributed by atoms with Crippen molar-refractivity contribution in [2.45, 2.75) is 0 Å². The topological polar surface area (TPSA) is 101 Å². The molecule has 0 bridgehead atoms. The molecule has 2 aromatic heterocycles. The van der Waals surface area contributed by atoms with Crippen molar-refractivity contribution in [2.75, 3.05) is 14.2 Å². The number of carbonyl (C=O) groups is 1. The van der Waals surface area contributed by atoms with Crippen LogP contribution in [0.5, 0.6) is 11.5 Å². The van der Waals surface area contributed by atoms with Crippen LogP contribution < -0.4 is 20.3 Å². The van der Waals surface area contributed by atoms with Gasteiger partial charge >= 0.3 is 0 Å². The summed E-state index contributed by atoms with van der Waals surface area (Å²) in [4.78, 5) is 12.3. The van der Waals surface area contributed by atoms with E-state index in [2.05, 4.69) is 27.6 Å². The van der Waals surface area contributed by atoms with E-state index in [1.54, 1.807) is 50.6 Å². The molecule has 0 spiro atoms. The van der Waals surface area contributed by atoms with Gasteiger partial charge in [-0.1, -0.05) is 6.58 Å². The van der Waals surface area contributed by atoms with Gasteiger partial charge in [-0.25, -0.2) is 0 Å². The average Bonchev–Trinajstić information content (AvgIpc) is 3.37. The largest absolute Gasteiger partial charge is 0.497 e. The molecular weight excluding hydrogens is 336 g/mol. The molecule has 26 heavy (non-hydrogen) atoms. The summed E-state index contributed by atoms with van der Waals surface area (Å²) >= 11 is 0. The number of H-pyrrole nitrogens is 1. The van der Waals surface area contributed by atoms with Gasteiger partial charge < -0.3 is 13.9 Å². The highest BCUT2D eigenvalue weighted by Crippen LogP contribution is 2.32. The molecule has 0 aliphatic carbocycles. The molecule has 0 aliphatic heterocycles. The van der Waals surface area contributed by atoms with Crippen molar-refractivity contribution in [3.05, 3.63) is 60.7 Å². The quantitative estimate of drug-likeness (QED) is 0.564. The normalized spacial score (nSPS) is 10.2. The number of furan rings is 1. The van der Waals surface area contributed by atoms with E-state index in [1.165, 1.54) is 6.26 Å². The number of aromatic nitrogens is 2. The van der Waals surface area contributed by atoms with E-state index >= 15 is 0 Å². The number of hydrogen-bond donors (Lipinski definition) is 3. The Hall–Kier alpha value is -3.68. The first kappa shape index (κ1) is 17.2. The molecule has 134 valence electrons. The molecule has 8 nitrogen and oxygen atoms in total. The molecule has 0 saturated carbocycles. The third kappa shape index (κ3) is 3.54. The van der Waals surface area contributed by atoms with Crippen molar-refractivity contribution < 1.29 is 18.7 Å². The van der Waals surface area contributed by atoms with E-state index in [-0.39, 0.29) is 5.69 Å². The van der Waals surface area contributed by atoms with Crippen molar-refractivity contribution in [2.24, 2.45) is 0 Å². The molecule has 0 fully saturated rings. The summed E-state index contributed by atoms with van der Waals surface area (Å²) in [6.45, 7) is 3.78. The molecule has 8 heteroatoms. The number of benzene rings is 1. The summed E-state index contributed by atoms with van der Waals surface area (Å²) in [6.07, 6.45) is 1.52. The molecule has 0 saturated heterocycles. The van der Waals surface area contributed by atoms with Crippen LogP contribution in [0, 0.1) is 0 Å². The Morgan fingerprint density at radius 2 is 2.04 bits per heavy atom. The Labute approximate surface area is 149 Å². The van der Waals surface area contributed by atoms with Gasteiger partial charge in [0.15, 0.2) is 5.76 Å². The van der Waals surface area contributed by atoms with E-state index in [9.17, 15) is 4.79 Å². The van der Waals surface area contributed by atoms with Gasteiger partial charge in [0.2, 0.25) is 0 Å². The van der Waals surface area contributed by atoms with Crippen molar-refractivity contribution in [1.29, 1.82) is 0 Å². The van der Waals surface area contributed by atoms with Crippen LogP contribution in [0.2, 0.25) is 0 Å². The van der Waals surface area contributed by atoms with Crippen LogP contribution in [0.1, 0.15) is 16.2 Å². The Balaban J connectivity index is 1.73. The summed E-state index contributed by atoms with van der Waals surface area (Å²) in [6, 6.07) is 10.4. The maximum atomic E-state index is 12.3. The van der Waals surface area contributed by atoms with E-state index in [1.807, 2.05) is 0 Å². The third-order valence-electron chi connectivity index (χ3n) is 3.65. The number of nitrogens with one attached hydrogen (secondary N) is 3. The third-order valence-corrected chi connectivity index (χ3v) is 3.65. The van der Waals surface area contributed by atoms with E-state index in [0.717, 1.165) is 0 Å². The number of rotatable bonds is 7. The second kappa shape index (κ2) is 7.47. The van der Waals surface area contributed by atoms with Crippen LogP contribution in [0.3, 0.4) is 0 Å². The van der Waals surface area contributed by atoms with Gasteiger partial charge in [0.05, 0.1) is 31.9 Å². The molecule has 1 amide bonds. The van der Waals surface area contributed by atoms with Crippen molar-refractivity contribution in [1.82, 2.24) is 21.0 Å². The van der Waals surface area contributed by atoms with Gasteiger partial charge in [0.25, 0.3) is 5.91 Å². The fraction of sp³-hybridized carbons (Fsp3) is 0.111. The molecule has 3 N–H and O–H groups in total. The van der Waals surface area contributed by atoms with Gasteiger partial charge in [-0.05, 0) is 36.4 Å². The summed E-state index contributed by atoms with van der Waals surface area (Å²) < 4.78 is 15.8. The van der Waals surface area contributed by atoms with Crippen molar-refractivity contribution >= 4 is 11.6 Å². The van der Waals surface area contributed by atoms with E-state index in [4.69, 9.17) is 13.9 Å². The van der Waals surface area contributed by atoms with Crippen LogP contribution in [0.25, 0.3) is 17.0 Å². The lowest BCUT2D eigenvalue weighted by molar-refractivity contribution is 0.0937. The van der Waals surface area contributed by atoms with Crippen molar-refractivity contribution in [3.63, 3.8) is 0 Å². The van der Waals surface area contributed by atoms with Crippen molar-refractivity contribution in [3.8, 4) is 22.8 Å². The van der Waals surface area contributed by atoms with Gasteiger partial charge in [0.1, 0.15) is 17.2 Å². The zero-order valence-electron chi connectivity index (χ0n) is 14.3. The number of hydrazine groups is 1. The highest BCUT2D eigenvalue weighted by Gasteiger charge is 2.15. The molecule has 3 rings (SSSR count). The number of aromatic amines is 1. The van der Waals surface area contributed by atoms with E-state index in [0.29, 0.717) is 34.2 Å². The van der Waals surface area contributed by atoms with Gasteiger partial charge in [-0.15, -0.1) is 0 Å². The van der Waals surface area contributed by atoms with E-state index < -0.39 is 5.91 Å². The first-order chi connectivity index (χ1) is 12.6. The molecule has 0 aliphatic rings. The van der Waals surface area contributed by atoms with Crippen LogP contribution in [-0.2, 0) is 0 Å². The number of ether oxygens (including phenoxy) is 2. The summed E-state index contributed by atoms with van der Waals surface area (Å²) in [5.74, 6) is 1.40. The number of amides is 1. The second-order valence-corrected chi connectivity index (χ2v) is 5.27. The Kier molecular flexibility index (Phi) is 4.93. The molecule has 2 heterocycles. The SMILES string of the molecule is C=C(NNC(=O)c1cc(-c2cc(OC)ccc2OC)n[nH]1)c1ccco1. The van der Waals surface area contributed by atoms with Crippen LogP contribution in [0.15, 0.2) is 53.7 Å². The Bertz CT molecular complexity index is 915. The molecule has 1 aromatic carbocycles.